The van der Waals surface area contributed by atoms with Crippen LogP contribution in [0.25, 0.3) is 28.2 Å². The molecule has 0 atom stereocenters. The molecule has 0 aliphatic carbocycles. The first kappa shape index (κ1) is 24.6. The van der Waals surface area contributed by atoms with Crippen LogP contribution in [0.5, 0.6) is 11.6 Å². The fraction of sp³-hybridized carbons (Fsp3) is 0.400. The summed E-state index contributed by atoms with van der Waals surface area (Å²) in [6, 6.07) is 7.32. The number of nitrogens with zero attached hydrogens (tertiary/aromatic N) is 9. The van der Waals surface area contributed by atoms with Crippen LogP contribution in [0.4, 0.5) is 4.79 Å². The number of amides is 1. The Kier molecular flexibility index (Phi) is 5.81. The summed E-state index contributed by atoms with van der Waals surface area (Å²) in [5, 5.41) is 21.4. The maximum Gasteiger partial charge on any atom is 0.410 e. The van der Waals surface area contributed by atoms with Crippen LogP contribution in [-0.4, -0.2) is 76.5 Å². The highest BCUT2D eigenvalue weighted by molar-refractivity contribution is 5.75. The van der Waals surface area contributed by atoms with Crippen molar-refractivity contribution in [2.45, 2.75) is 45.9 Å². The number of fused-ring (bicyclic) bond motifs is 2. The third kappa shape index (κ3) is 4.69. The molecule has 0 radical (unpaired) electrons. The summed E-state index contributed by atoms with van der Waals surface area (Å²) in [7, 11) is 1.53. The van der Waals surface area contributed by atoms with Gasteiger partial charge in [-0.1, -0.05) is 5.16 Å². The molecule has 0 unspecified atom stereocenters. The first-order valence-corrected chi connectivity index (χ1v) is 12.4. The molecule has 0 bridgehead atoms. The van der Waals surface area contributed by atoms with Crippen molar-refractivity contribution in [2.24, 2.45) is 0 Å². The predicted octanol–water partition coefficient (Wildman–Crippen LogP) is 3.21. The second-order valence-corrected chi connectivity index (χ2v) is 10.3. The number of carbonyl (C=O) groups excluding carboxylic acids is 1. The van der Waals surface area contributed by atoms with Gasteiger partial charge in [-0.25, -0.2) is 9.78 Å². The Morgan fingerprint density at radius 3 is 2.72 bits per heavy atom. The Morgan fingerprint density at radius 2 is 2.00 bits per heavy atom. The minimum Gasteiger partial charge on any atom is -0.491 e. The fourth-order valence-electron chi connectivity index (χ4n) is 4.25. The van der Waals surface area contributed by atoms with Gasteiger partial charge in [-0.05, 0) is 39.8 Å². The summed E-state index contributed by atoms with van der Waals surface area (Å²) in [4.78, 5) is 18.6. The lowest BCUT2D eigenvalue weighted by Gasteiger charge is -2.39. The summed E-state index contributed by atoms with van der Waals surface area (Å²) in [5.41, 5.74) is 2.75. The molecule has 1 fully saturated rings. The number of aryl methyl sites for hydroxylation is 1. The van der Waals surface area contributed by atoms with E-state index in [1.165, 1.54) is 11.6 Å². The number of carbonyl (C=O) groups is 1. The molecular weight excluding hydrogens is 506 g/mol. The Morgan fingerprint density at radius 1 is 1.18 bits per heavy atom. The van der Waals surface area contributed by atoms with Crippen LogP contribution in [0, 0.1) is 6.92 Å². The predicted molar refractivity (Wildman–Crippen MR) is 136 cm³/mol. The molecule has 6 rings (SSSR count). The van der Waals surface area contributed by atoms with Crippen molar-refractivity contribution in [2.75, 3.05) is 20.2 Å². The molecule has 14 nitrogen and oxygen atoms in total. The van der Waals surface area contributed by atoms with Gasteiger partial charge in [0.1, 0.15) is 23.5 Å². The van der Waals surface area contributed by atoms with E-state index in [0.29, 0.717) is 47.5 Å². The Balaban J connectivity index is 1.17. The first-order valence-electron chi connectivity index (χ1n) is 12.4. The molecule has 202 valence electrons. The molecule has 5 aromatic rings. The molecule has 1 saturated heterocycles. The average Bonchev–Trinajstić information content (AvgIpc) is 3.58. The molecule has 39 heavy (non-hydrogen) atoms. The number of aromatic nitrogens is 8. The van der Waals surface area contributed by atoms with E-state index in [-0.39, 0.29) is 24.6 Å². The van der Waals surface area contributed by atoms with Gasteiger partial charge in [0.2, 0.25) is 5.82 Å². The van der Waals surface area contributed by atoms with Crippen molar-refractivity contribution < 1.29 is 23.5 Å². The van der Waals surface area contributed by atoms with Gasteiger partial charge in [-0.3, -0.25) is 4.68 Å². The zero-order chi connectivity index (χ0) is 27.3. The normalized spacial score (nSPS) is 14.1. The summed E-state index contributed by atoms with van der Waals surface area (Å²) in [6.07, 6.45) is 1.40. The van der Waals surface area contributed by atoms with Crippen LogP contribution in [0.1, 0.15) is 38.3 Å². The zero-order valence-corrected chi connectivity index (χ0v) is 22.2. The Labute approximate surface area is 222 Å². The molecule has 6 heterocycles. The number of methoxy groups -OCH3 is 1. The summed E-state index contributed by atoms with van der Waals surface area (Å²) < 4.78 is 25.5. The highest BCUT2D eigenvalue weighted by Gasteiger charge is 2.36. The van der Waals surface area contributed by atoms with Crippen LogP contribution in [0.3, 0.4) is 0 Å². The highest BCUT2D eigenvalue weighted by atomic mass is 16.6. The van der Waals surface area contributed by atoms with E-state index in [9.17, 15) is 4.79 Å². The van der Waals surface area contributed by atoms with E-state index in [1.807, 2.05) is 37.6 Å². The van der Waals surface area contributed by atoms with Crippen LogP contribution in [-0.2, 0) is 11.3 Å². The minimum atomic E-state index is -0.525. The van der Waals surface area contributed by atoms with Gasteiger partial charge in [-0.15, -0.1) is 15.3 Å². The van der Waals surface area contributed by atoms with Crippen LogP contribution >= 0.6 is 0 Å². The molecule has 0 aromatic carbocycles. The lowest BCUT2D eigenvalue weighted by molar-refractivity contribution is 0.000156. The van der Waals surface area contributed by atoms with Crippen LogP contribution in [0.15, 0.2) is 35.0 Å². The zero-order valence-electron chi connectivity index (χ0n) is 22.2. The number of pyridine rings is 1. The van der Waals surface area contributed by atoms with Crippen molar-refractivity contribution in [1.29, 1.82) is 0 Å². The van der Waals surface area contributed by atoms with Crippen molar-refractivity contribution in [3.05, 3.63) is 41.9 Å². The van der Waals surface area contributed by atoms with E-state index < -0.39 is 5.60 Å². The number of hydrogen-bond acceptors (Lipinski definition) is 11. The first-order chi connectivity index (χ1) is 18.7. The molecular formula is C25H27N9O5. The SMILES string of the molecule is COc1cc2nnc(-c3cc(C)on3)n2nc1OCc1ccc2c(cnn2C2CN(C(=O)OC(C)(C)C)C2)n1. The molecule has 5 aromatic heterocycles. The van der Waals surface area contributed by atoms with Crippen molar-refractivity contribution in [3.8, 4) is 23.1 Å². The van der Waals surface area contributed by atoms with Gasteiger partial charge in [0.05, 0.1) is 30.6 Å². The summed E-state index contributed by atoms with van der Waals surface area (Å²) in [6.45, 7) is 8.56. The lowest BCUT2D eigenvalue weighted by atomic mass is 10.1. The third-order valence-electron chi connectivity index (χ3n) is 6.13. The van der Waals surface area contributed by atoms with E-state index in [1.54, 1.807) is 30.2 Å². The van der Waals surface area contributed by atoms with E-state index >= 15 is 0 Å². The van der Waals surface area contributed by atoms with E-state index in [0.717, 1.165) is 11.0 Å². The van der Waals surface area contributed by atoms with Crippen molar-refractivity contribution in [1.82, 2.24) is 44.6 Å². The van der Waals surface area contributed by atoms with Gasteiger partial charge in [0.25, 0.3) is 5.88 Å². The third-order valence-corrected chi connectivity index (χ3v) is 6.13. The largest absolute Gasteiger partial charge is 0.491 e. The number of ether oxygens (including phenoxy) is 3. The Bertz CT molecular complexity index is 1680. The maximum atomic E-state index is 12.3. The standard InChI is InChI=1S/C25H27N9O5/c1-14-8-17(31-39-14)22-29-28-21-9-20(36-5)23(30-34(21)22)37-13-15-6-7-19-18(27-15)10-26-33(19)16-11-32(12-16)24(35)38-25(2,3)4/h6-10,16H,11-13H2,1-5H3. The molecule has 14 heteroatoms. The van der Waals surface area contributed by atoms with Gasteiger partial charge in [0.15, 0.2) is 17.1 Å². The van der Waals surface area contributed by atoms with Gasteiger partial charge in [0, 0.05) is 25.2 Å². The molecule has 1 aliphatic rings. The molecule has 1 amide bonds. The number of hydrogen-bond donors (Lipinski definition) is 0. The monoisotopic (exact) mass is 533 g/mol. The topological polar surface area (TPSA) is 148 Å². The minimum absolute atomic E-state index is 0.0607. The van der Waals surface area contributed by atoms with Gasteiger partial charge in [-0.2, -0.15) is 9.61 Å². The highest BCUT2D eigenvalue weighted by Crippen LogP contribution is 2.29. The Hall–Kier alpha value is -4.75. The second-order valence-electron chi connectivity index (χ2n) is 10.3. The lowest BCUT2D eigenvalue weighted by Crippen LogP contribution is -2.52. The molecule has 0 spiro atoms. The van der Waals surface area contributed by atoms with Crippen molar-refractivity contribution >= 4 is 22.8 Å². The summed E-state index contributed by atoms with van der Waals surface area (Å²) in [5.74, 6) is 1.73. The van der Waals surface area contributed by atoms with E-state index in [2.05, 4.69) is 25.6 Å². The quantitative estimate of drug-likeness (QED) is 0.317. The molecule has 0 N–H and O–H groups in total. The average molecular weight is 534 g/mol. The second kappa shape index (κ2) is 9.22. The van der Waals surface area contributed by atoms with Crippen LogP contribution < -0.4 is 9.47 Å². The smallest absolute Gasteiger partial charge is 0.410 e. The van der Waals surface area contributed by atoms with Gasteiger partial charge < -0.3 is 23.6 Å². The fourth-order valence-corrected chi connectivity index (χ4v) is 4.25. The van der Waals surface area contributed by atoms with E-state index in [4.69, 9.17) is 23.7 Å². The van der Waals surface area contributed by atoms with Crippen LogP contribution in [0.2, 0.25) is 0 Å². The summed E-state index contributed by atoms with van der Waals surface area (Å²) >= 11 is 0. The maximum absolute atomic E-state index is 12.3. The molecule has 0 saturated carbocycles. The van der Waals surface area contributed by atoms with Crippen molar-refractivity contribution in [3.63, 3.8) is 0 Å². The number of rotatable bonds is 6. The number of likely N-dealkylation sites (tertiary alicyclic amines) is 1. The molecule has 1 aliphatic heterocycles. The van der Waals surface area contributed by atoms with Gasteiger partial charge >= 0.3 is 6.09 Å².